The number of rotatable bonds is 4. The van der Waals surface area contributed by atoms with Crippen LogP contribution in [0.5, 0.6) is 5.75 Å². The molecule has 0 unspecified atom stereocenters. The highest BCUT2D eigenvalue weighted by Crippen LogP contribution is 2.32. The second kappa shape index (κ2) is 6.49. The van der Waals surface area contributed by atoms with Crippen LogP contribution in [0.3, 0.4) is 0 Å². The number of aromatic nitrogens is 1. The number of halogens is 1. The van der Waals surface area contributed by atoms with E-state index in [2.05, 4.69) is 4.98 Å². The number of Topliss-reactive ketones (excluding diaryl/α,β-unsaturated/α-hetero) is 1. The van der Waals surface area contributed by atoms with Gasteiger partial charge in [-0.25, -0.2) is 0 Å². The van der Waals surface area contributed by atoms with Crippen LogP contribution in [0.15, 0.2) is 47.3 Å². The second-order valence-electron chi connectivity index (χ2n) is 5.41. The lowest BCUT2D eigenvalue weighted by Gasteiger charge is -2.12. The highest BCUT2D eigenvalue weighted by molar-refractivity contribution is 6.31. The van der Waals surface area contributed by atoms with Crippen LogP contribution < -0.4 is 10.3 Å². The Kier molecular flexibility index (Phi) is 4.40. The maximum atomic E-state index is 12.4. The Bertz CT molecular complexity index is 974. The summed E-state index contributed by atoms with van der Waals surface area (Å²) in [5.74, 6) is 0.444. The monoisotopic (exact) mass is 341 g/mol. The zero-order valence-electron chi connectivity index (χ0n) is 13.4. The number of carbonyl (C=O) groups excluding carboxylic acids is 1. The Morgan fingerprint density at radius 2 is 1.88 bits per heavy atom. The van der Waals surface area contributed by atoms with Crippen molar-refractivity contribution in [2.75, 3.05) is 6.61 Å². The van der Waals surface area contributed by atoms with Gasteiger partial charge in [-0.05, 0) is 49.7 Å². The first kappa shape index (κ1) is 16.3. The number of ether oxygens (including phenoxy) is 1. The summed E-state index contributed by atoms with van der Waals surface area (Å²) in [4.78, 5) is 27.2. The van der Waals surface area contributed by atoms with Crippen molar-refractivity contribution in [1.82, 2.24) is 4.98 Å². The zero-order valence-corrected chi connectivity index (χ0v) is 14.1. The fraction of sp³-hybridized carbons (Fsp3) is 0.158. The molecule has 1 heterocycles. The molecule has 0 saturated heterocycles. The molecule has 0 aliphatic carbocycles. The van der Waals surface area contributed by atoms with Gasteiger partial charge in [0.15, 0.2) is 5.78 Å². The first-order valence-corrected chi connectivity index (χ1v) is 7.98. The minimum Gasteiger partial charge on any atom is -0.494 e. The fourth-order valence-corrected chi connectivity index (χ4v) is 2.96. The number of hydrogen-bond donors (Lipinski definition) is 1. The van der Waals surface area contributed by atoms with Crippen LogP contribution in [0.2, 0.25) is 5.02 Å². The average Bonchev–Trinajstić information content (AvgIpc) is 2.55. The summed E-state index contributed by atoms with van der Waals surface area (Å²) < 4.78 is 5.45. The molecule has 3 aromatic rings. The summed E-state index contributed by atoms with van der Waals surface area (Å²) in [5, 5.41) is 1.27. The Balaban J connectivity index is 2.34. The van der Waals surface area contributed by atoms with Gasteiger partial charge in [0, 0.05) is 21.5 Å². The number of aromatic amines is 1. The van der Waals surface area contributed by atoms with Crippen LogP contribution in [-0.2, 0) is 0 Å². The van der Waals surface area contributed by atoms with E-state index in [-0.39, 0.29) is 11.3 Å². The van der Waals surface area contributed by atoms with E-state index in [4.69, 9.17) is 16.3 Å². The Labute approximate surface area is 144 Å². The van der Waals surface area contributed by atoms with Crippen LogP contribution in [0.1, 0.15) is 24.2 Å². The van der Waals surface area contributed by atoms with E-state index in [1.165, 1.54) is 6.92 Å². The lowest BCUT2D eigenvalue weighted by molar-refractivity contribution is 0.101. The number of hydrogen-bond acceptors (Lipinski definition) is 3. The standard InChI is InChI=1S/C19H16ClNO3/c1-3-24-14-7-4-12(5-8-14)18-15-10-13(20)6-9-16(15)21-19(23)17(18)11(2)22/h4-10H,3H2,1-2H3,(H,21,23). The van der Waals surface area contributed by atoms with Crippen molar-refractivity contribution in [3.05, 3.63) is 63.4 Å². The molecule has 0 radical (unpaired) electrons. The van der Waals surface area contributed by atoms with Crippen LogP contribution >= 0.6 is 11.6 Å². The molecule has 4 nitrogen and oxygen atoms in total. The number of benzene rings is 2. The van der Waals surface area contributed by atoms with Gasteiger partial charge in [-0.3, -0.25) is 9.59 Å². The highest BCUT2D eigenvalue weighted by atomic mass is 35.5. The van der Waals surface area contributed by atoms with Crippen LogP contribution in [0, 0.1) is 0 Å². The van der Waals surface area contributed by atoms with Gasteiger partial charge in [-0.1, -0.05) is 23.7 Å². The highest BCUT2D eigenvalue weighted by Gasteiger charge is 2.18. The SMILES string of the molecule is CCOc1ccc(-c2c(C(C)=O)c(=O)[nH]c3ccc(Cl)cc23)cc1. The van der Waals surface area contributed by atoms with Crippen molar-refractivity contribution in [3.8, 4) is 16.9 Å². The van der Waals surface area contributed by atoms with Crippen molar-refractivity contribution >= 4 is 28.3 Å². The van der Waals surface area contributed by atoms with Gasteiger partial charge in [0.2, 0.25) is 0 Å². The molecular formula is C19H16ClNO3. The van der Waals surface area contributed by atoms with Crippen molar-refractivity contribution in [1.29, 1.82) is 0 Å². The molecule has 1 N–H and O–H groups in total. The van der Waals surface area contributed by atoms with Gasteiger partial charge in [-0.15, -0.1) is 0 Å². The van der Waals surface area contributed by atoms with E-state index in [9.17, 15) is 9.59 Å². The van der Waals surface area contributed by atoms with Gasteiger partial charge in [-0.2, -0.15) is 0 Å². The molecule has 0 aliphatic rings. The molecule has 0 aliphatic heterocycles. The Morgan fingerprint density at radius 1 is 1.17 bits per heavy atom. The van der Waals surface area contributed by atoms with E-state index in [1.54, 1.807) is 18.2 Å². The number of ketones is 1. The van der Waals surface area contributed by atoms with Crippen molar-refractivity contribution < 1.29 is 9.53 Å². The van der Waals surface area contributed by atoms with Crippen LogP contribution in [-0.4, -0.2) is 17.4 Å². The summed E-state index contributed by atoms with van der Waals surface area (Å²) in [6, 6.07) is 12.5. The molecular weight excluding hydrogens is 326 g/mol. The lowest BCUT2D eigenvalue weighted by atomic mass is 9.94. The molecule has 1 aromatic heterocycles. The summed E-state index contributed by atoms with van der Waals surface area (Å²) in [6.07, 6.45) is 0. The largest absolute Gasteiger partial charge is 0.494 e. The predicted molar refractivity (Wildman–Crippen MR) is 96.2 cm³/mol. The minimum absolute atomic E-state index is 0.133. The van der Waals surface area contributed by atoms with Gasteiger partial charge < -0.3 is 9.72 Å². The van der Waals surface area contributed by atoms with Gasteiger partial charge in [0.25, 0.3) is 5.56 Å². The normalized spacial score (nSPS) is 10.8. The topological polar surface area (TPSA) is 59.2 Å². The lowest BCUT2D eigenvalue weighted by Crippen LogP contribution is -2.18. The summed E-state index contributed by atoms with van der Waals surface area (Å²) >= 11 is 6.12. The summed E-state index contributed by atoms with van der Waals surface area (Å²) in [6.45, 7) is 3.87. The van der Waals surface area contributed by atoms with E-state index in [0.717, 1.165) is 16.7 Å². The van der Waals surface area contributed by atoms with Crippen molar-refractivity contribution in [3.63, 3.8) is 0 Å². The quantitative estimate of drug-likeness (QED) is 0.713. The molecule has 5 heteroatoms. The van der Waals surface area contributed by atoms with E-state index in [1.807, 2.05) is 31.2 Å². The average molecular weight is 342 g/mol. The van der Waals surface area contributed by atoms with Crippen LogP contribution in [0.25, 0.3) is 22.0 Å². The van der Waals surface area contributed by atoms with E-state index in [0.29, 0.717) is 22.7 Å². The number of H-pyrrole nitrogens is 1. The van der Waals surface area contributed by atoms with Gasteiger partial charge >= 0.3 is 0 Å². The maximum Gasteiger partial charge on any atom is 0.259 e. The third-order valence-corrected chi connectivity index (χ3v) is 4.02. The molecule has 24 heavy (non-hydrogen) atoms. The molecule has 0 amide bonds. The Morgan fingerprint density at radius 3 is 2.50 bits per heavy atom. The molecule has 3 rings (SSSR count). The number of nitrogens with one attached hydrogen (secondary N) is 1. The molecule has 0 atom stereocenters. The first-order valence-electron chi connectivity index (χ1n) is 7.61. The minimum atomic E-state index is -0.402. The van der Waals surface area contributed by atoms with E-state index < -0.39 is 5.56 Å². The summed E-state index contributed by atoms with van der Waals surface area (Å²) in [7, 11) is 0. The van der Waals surface area contributed by atoms with Gasteiger partial charge in [0.05, 0.1) is 12.2 Å². The number of carbonyl (C=O) groups is 1. The van der Waals surface area contributed by atoms with E-state index >= 15 is 0 Å². The molecule has 2 aromatic carbocycles. The molecule has 0 spiro atoms. The van der Waals surface area contributed by atoms with Crippen LogP contribution in [0.4, 0.5) is 0 Å². The fourth-order valence-electron chi connectivity index (χ4n) is 2.79. The van der Waals surface area contributed by atoms with Crippen molar-refractivity contribution in [2.45, 2.75) is 13.8 Å². The number of fused-ring (bicyclic) bond motifs is 1. The Hall–Kier alpha value is -2.59. The molecule has 0 bridgehead atoms. The smallest absolute Gasteiger partial charge is 0.259 e. The predicted octanol–water partition coefficient (Wildman–Crippen LogP) is 4.45. The van der Waals surface area contributed by atoms with Gasteiger partial charge in [0.1, 0.15) is 5.75 Å². The summed E-state index contributed by atoms with van der Waals surface area (Å²) in [5.41, 5.74) is 1.72. The molecule has 0 fully saturated rings. The van der Waals surface area contributed by atoms with Crippen molar-refractivity contribution in [2.24, 2.45) is 0 Å². The third kappa shape index (κ3) is 2.93. The maximum absolute atomic E-state index is 12.4. The number of pyridine rings is 1. The molecule has 122 valence electrons. The third-order valence-electron chi connectivity index (χ3n) is 3.78. The second-order valence-corrected chi connectivity index (χ2v) is 5.84. The first-order chi connectivity index (χ1) is 11.5. The zero-order chi connectivity index (χ0) is 17.3. The molecule has 0 saturated carbocycles.